The Balaban J connectivity index is 3.77. The molecule has 0 bridgehead atoms. The van der Waals surface area contributed by atoms with Gasteiger partial charge in [0.15, 0.2) is 0 Å². The first-order valence-corrected chi connectivity index (χ1v) is 5.21. The molecule has 0 fully saturated rings. The summed E-state index contributed by atoms with van der Waals surface area (Å²) in [6, 6.07) is -0.470. The summed E-state index contributed by atoms with van der Waals surface area (Å²) < 4.78 is 0. The van der Waals surface area contributed by atoms with Crippen LogP contribution in [0.4, 0.5) is 4.79 Å². The van der Waals surface area contributed by atoms with E-state index in [0.717, 1.165) is 0 Å². The van der Waals surface area contributed by atoms with Crippen molar-refractivity contribution in [2.45, 2.75) is 32.8 Å². The largest absolute Gasteiger partial charge is 0.481 e. The van der Waals surface area contributed by atoms with Crippen LogP contribution in [0.2, 0.25) is 0 Å². The molecule has 6 heteroatoms. The quantitative estimate of drug-likeness (QED) is 0.524. The number of rotatable bonds is 6. The fourth-order valence-electron chi connectivity index (χ4n) is 0.809. The highest BCUT2D eigenvalue weighted by molar-refractivity contribution is 5.75. The number of amides is 2. The van der Waals surface area contributed by atoms with Crippen LogP contribution in [0.25, 0.3) is 0 Å². The van der Waals surface area contributed by atoms with E-state index in [2.05, 4.69) is 10.6 Å². The van der Waals surface area contributed by atoms with Crippen LogP contribution >= 0.6 is 0 Å². The van der Waals surface area contributed by atoms with Crippen LogP contribution in [0.1, 0.15) is 27.2 Å². The number of carboxylic acids is 1. The third-order valence-corrected chi connectivity index (χ3v) is 2.48. The fourth-order valence-corrected chi connectivity index (χ4v) is 0.809. The number of urea groups is 1. The smallest absolute Gasteiger partial charge is 0.314 e. The maximum Gasteiger partial charge on any atom is 0.314 e. The van der Waals surface area contributed by atoms with E-state index in [9.17, 15) is 14.7 Å². The van der Waals surface area contributed by atoms with Crippen LogP contribution in [-0.2, 0) is 4.79 Å². The summed E-state index contributed by atoms with van der Waals surface area (Å²) in [6.45, 7) is 5.54. The highest BCUT2D eigenvalue weighted by atomic mass is 16.4. The summed E-state index contributed by atoms with van der Waals surface area (Å²) in [6.07, 6.45) is -0.117. The number of carbonyl (C=O) groups excluding carboxylic acids is 1. The lowest BCUT2D eigenvalue weighted by Gasteiger charge is -2.27. The van der Waals surface area contributed by atoms with Crippen LogP contribution in [0, 0.1) is 5.92 Å². The number of carboxylic acid groups (broad SMARTS) is 1. The van der Waals surface area contributed by atoms with Crippen LogP contribution in [0.3, 0.4) is 0 Å². The van der Waals surface area contributed by atoms with Crippen LogP contribution in [0.15, 0.2) is 0 Å². The van der Waals surface area contributed by atoms with Crippen molar-refractivity contribution in [2.75, 3.05) is 13.1 Å². The molecular formula is C10H20N2O4. The molecule has 0 rings (SSSR count). The molecule has 0 heterocycles. The predicted octanol–water partition coefficient (Wildman–Crippen LogP) is 0.167. The van der Waals surface area contributed by atoms with Crippen molar-refractivity contribution in [2.24, 2.45) is 5.92 Å². The van der Waals surface area contributed by atoms with Crippen molar-refractivity contribution in [1.82, 2.24) is 10.6 Å². The summed E-state index contributed by atoms with van der Waals surface area (Å²) in [5.74, 6) is -0.943. The normalized spacial score (nSPS) is 14.3. The Morgan fingerprint density at radius 3 is 2.31 bits per heavy atom. The van der Waals surface area contributed by atoms with Gasteiger partial charge in [-0.2, -0.15) is 0 Å². The highest BCUT2D eigenvalue weighted by Gasteiger charge is 2.25. The lowest BCUT2D eigenvalue weighted by molar-refractivity contribution is -0.136. The number of aliphatic hydroxyl groups is 1. The molecular weight excluding hydrogens is 212 g/mol. The Morgan fingerprint density at radius 2 is 1.88 bits per heavy atom. The summed E-state index contributed by atoms with van der Waals surface area (Å²) >= 11 is 0. The van der Waals surface area contributed by atoms with Gasteiger partial charge < -0.3 is 20.8 Å². The first kappa shape index (κ1) is 14.7. The van der Waals surface area contributed by atoms with Gasteiger partial charge in [0.2, 0.25) is 0 Å². The highest BCUT2D eigenvalue weighted by Crippen LogP contribution is 2.14. The van der Waals surface area contributed by atoms with Crippen molar-refractivity contribution in [3.8, 4) is 0 Å². The minimum Gasteiger partial charge on any atom is -0.481 e. The number of aliphatic carboxylic acids is 1. The maximum absolute atomic E-state index is 11.2. The molecule has 0 saturated heterocycles. The predicted molar refractivity (Wildman–Crippen MR) is 59.1 cm³/mol. The minimum atomic E-state index is -0.968. The SMILES string of the molecule is CC(C)C(C)(O)CNC(=O)NCCC(=O)O. The standard InChI is InChI=1S/C10H20N2O4/c1-7(2)10(3,16)6-12-9(15)11-5-4-8(13)14/h7,16H,4-6H2,1-3H3,(H,13,14)(H2,11,12,15). The average Bonchev–Trinajstić information content (AvgIpc) is 2.14. The van der Waals surface area contributed by atoms with Gasteiger partial charge in [0, 0.05) is 13.1 Å². The Morgan fingerprint density at radius 1 is 1.31 bits per heavy atom. The molecule has 0 saturated carbocycles. The summed E-state index contributed by atoms with van der Waals surface area (Å²) in [4.78, 5) is 21.3. The van der Waals surface area contributed by atoms with Gasteiger partial charge in [-0.1, -0.05) is 13.8 Å². The van der Waals surface area contributed by atoms with Gasteiger partial charge in [0.05, 0.1) is 12.0 Å². The van der Waals surface area contributed by atoms with Crippen molar-refractivity contribution < 1.29 is 19.8 Å². The van der Waals surface area contributed by atoms with E-state index < -0.39 is 17.6 Å². The van der Waals surface area contributed by atoms with E-state index in [4.69, 9.17) is 5.11 Å². The summed E-state index contributed by atoms with van der Waals surface area (Å²) in [5, 5.41) is 23.0. The topological polar surface area (TPSA) is 98.7 Å². The summed E-state index contributed by atoms with van der Waals surface area (Å²) in [5.41, 5.74) is -0.968. The van der Waals surface area contributed by atoms with E-state index in [1.54, 1.807) is 6.92 Å². The average molecular weight is 232 g/mol. The molecule has 4 N–H and O–H groups in total. The third-order valence-electron chi connectivity index (χ3n) is 2.48. The number of nitrogens with one attached hydrogen (secondary N) is 2. The molecule has 0 aromatic rings. The zero-order valence-electron chi connectivity index (χ0n) is 9.91. The van der Waals surface area contributed by atoms with E-state index in [1.165, 1.54) is 0 Å². The molecule has 0 aliphatic rings. The fraction of sp³-hybridized carbons (Fsp3) is 0.800. The van der Waals surface area contributed by atoms with Gasteiger partial charge in [-0.25, -0.2) is 4.79 Å². The second-order valence-corrected chi connectivity index (χ2v) is 4.27. The molecule has 0 radical (unpaired) electrons. The van der Waals surface area contributed by atoms with E-state index >= 15 is 0 Å². The Hall–Kier alpha value is -1.30. The molecule has 0 aromatic heterocycles. The van der Waals surface area contributed by atoms with Crippen molar-refractivity contribution >= 4 is 12.0 Å². The molecule has 0 spiro atoms. The molecule has 1 unspecified atom stereocenters. The van der Waals surface area contributed by atoms with Gasteiger partial charge in [-0.3, -0.25) is 4.79 Å². The van der Waals surface area contributed by atoms with Crippen molar-refractivity contribution in [3.63, 3.8) is 0 Å². The Bertz CT molecular complexity index is 251. The molecule has 0 aromatic carbocycles. The van der Waals surface area contributed by atoms with Gasteiger partial charge in [-0.05, 0) is 12.8 Å². The molecule has 6 nitrogen and oxygen atoms in total. The molecule has 94 valence electrons. The zero-order chi connectivity index (χ0) is 12.8. The lowest BCUT2D eigenvalue weighted by Crippen LogP contribution is -2.47. The molecule has 2 amide bonds. The van der Waals surface area contributed by atoms with Crippen molar-refractivity contribution in [3.05, 3.63) is 0 Å². The second kappa shape index (κ2) is 6.32. The molecule has 16 heavy (non-hydrogen) atoms. The number of carbonyl (C=O) groups is 2. The van der Waals surface area contributed by atoms with Crippen LogP contribution in [-0.4, -0.2) is 40.9 Å². The van der Waals surface area contributed by atoms with E-state index in [1.807, 2.05) is 13.8 Å². The summed E-state index contributed by atoms with van der Waals surface area (Å²) in [7, 11) is 0. The van der Waals surface area contributed by atoms with Gasteiger partial charge in [0.25, 0.3) is 0 Å². The number of hydrogen-bond acceptors (Lipinski definition) is 3. The molecule has 1 atom stereocenters. The zero-order valence-corrected chi connectivity index (χ0v) is 9.91. The van der Waals surface area contributed by atoms with Gasteiger partial charge in [0.1, 0.15) is 0 Å². The van der Waals surface area contributed by atoms with E-state index in [0.29, 0.717) is 0 Å². The first-order valence-electron chi connectivity index (χ1n) is 5.21. The Kier molecular flexibility index (Phi) is 5.81. The molecule has 0 aliphatic heterocycles. The van der Waals surface area contributed by atoms with Crippen LogP contribution < -0.4 is 10.6 Å². The first-order chi connectivity index (χ1) is 7.25. The lowest BCUT2D eigenvalue weighted by atomic mass is 9.93. The second-order valence-electron chi connectivity index (χ2n) is 4.27. The van der Waals surface area contributed by atoms with Gasteiger partial charge in [-0.15, -0.1) is 0 Å². The third kappa shape index (κ3) is 6.23. The number of hydrogen-bond donors (Lipinski definition) is 4. The Labute approximate surface area is 95.0 Å². The molecule has 0 aliphatic carbocycles. The van der Waals surface area contributed by atoms with Gasteiger partial charge >= 0.3 is 12.0 Å². The van der Waals surface area contributed by atoms with Crippen molar-refractivity contribution in [1.29, 1.82) is 0 Å². The van der Waals surface area contributed by atoms with Crippen LogP contribution in [0.5, 0.6) is 0 Å². The monoisotopic (exact) mass is 232 g/mol. The van der Waals surface area contributed by atoms with E-state index in [-0.39, 0.29) is 25.4 Å². The minimum absolute atomic E-state index is 0.0202. The maximum atomic E-state index is 11.2.